The second kappa shape index (κ2) is 8.49. The van der Waals surface area contributed by atoms with Gasteiger partial charge in [-0.1, -0.05) is 36.9 Å². The summed E-state index contributed by atoms with van der Waals surface area (Å²) in [6.07, 6.45) is 2.31. The molecule has 130 valence electrons. The number of nitrogens with one attached hydrogen (secondary N) is 1. The molecule has 1 heterocycles. The SMILES string of the molecule is C=CC(=O)Nc1ccc(CCN2CCN(c3ccccc3)CC2)cc1. The lowest BCUT2D eigenvalue weighted by Gasteiger charge is -2.36. The molecule has 2 aromatic rings. The molecule has 1 amide bonds. The van der Waals surface area contributed by atoms with Gasteiger partial charge in [0.1, 0.15) is 0 Å². The molecule has 0 radical (unpaired) electrons. The lowest BCUT2D eigenvalue weighted by molar-refractivity contribution is -0.111. The van der Waals surface area contributed by atoms with E-state index in [1.807, 2.05) is 12.1 Å². The standard InChI is InChI=1S/C21H25N3O/c1-2-21(25)22-19-10-8-18(9-11-19)12-13-23-14-16-24(17-15-23)20-6-4-3-5-7-20/h2-11H,1,12-17H2,(H,22,25). The molecule has 4 nitrogen and oxygen atoms in total. The number of carbonyl (C=O) groups is 1. The molecule has 0 bridgehead atoms. The monoisotopic (exact) mass is 335 g/mol. The highest BCUT2D eigenvalue weighted by molar-refractivity contribution is 5.98. The van der Waals surface area contributed by atoms with Gasteiger partial charge in [0.15, 0.2) is 0 Å². The summed E-state index contributed by atoms with van der Waals surface area (Å²) in [6.45, 7) is 8.89. The summed E-state index contributed by atoms with van der Waals surface area (Å²) < 4.78 is 0. The molecule has 1 fully saturated rings. The summed E-state index contributed by atoms with van der Waals surface area (Å²) in [5, 5.41) is 2.77. The van der Waals surface area contributed by atoms with Gasteiger partial charge in [-0.2, -0.15) is 0 Å². The van der Waals surface area contributed by atoms with Crippen molar-refractivity contribution in [2.24, 2.45) is 0 Å². The van der Waals surface area contributed by atoms with Gasteiger partial charge in [0.25, 0.3) is 0 Å². The van der Waals surface area contributed by atoms with Crippen LogP contribution in [0.15, 0.2) is 67.3 Å². The Hall–Kier alpha value is -2.59. The molecule has 0 saturated carbocycles. The van der Waals surface area contributed by atoms with Crippen LogP contribution in [0, 0.1) is 0 Å². The van der Waals surface area contributed by atoms with E-state index in [-0.39, 0.29) is 5.91 Å². The van der Waals surface area contributed by atoms with Crippen LogP contribution in [0.3, 0.4) is 0 Å². The lowest BCUT2D eigenvalue weighted by Crippen LogP contribution is -2.46. The highest BCUT2D eigenvalue weighted by Gasteiger charge is 2.16. The molecule has 1 N–H and O–H groups in total. The minimum Gasteiger partial charge on any atom is -0.369 e. The third kappa shape index (κ3) is 4.94. The van der Waals surface area contributed by atoms with Crippen LogP contribution in [-0.2, 0) is 11.2 Å². The lowest BCUT2D eigenvalue weighted by atomic mass is 10.1. The number of hydrogen-bond donors (Lipinski definition) is 1. The molecule has 0 spiro atoms. The summed E-state index contributed by atoms with van der Waals surface area (Å²) in [5.74, 6) is -0.177. The van der Waals surface area contributed by atoms with E-state index < -0.39 is 0 Å². The number of benzene rings is 2. The van der Waals surface area contributed by atoms with Gasteiger partial charge in [-0.3, -0.25) is 9.69 Å². The zero-order chi connectivity index (χ0) is 17.5. The van der Waals surface area contributed by atoms with Crippen molar-refractivity contribution < 1.29 is 4.79 Å². The van der Waals surface area contributed by atoms with Gasteiger partial charge < -0.3 is 10.2 Å². The first kappa shape index (κ1) is 17.2. The Bertz CT molecular complexity index is 689. The van der Waals surface area contributed by atoms with Crippen LogP contribution in [0.25, 0.3) is 0 Å². The predicted octanol–water partition coefficient (Wildman–Crippen LogP) is 3.18. The summed E-state index contributed by atoms with van der Waals surface area (Å²) in [5.41, 5.74) is 3.42. The second-order valence-electron chi connectivity index (χ2n) is 6.30. The summed E-state index contributed by atoms with van der Waals surface area (Å²) in [4.78, 5) is 16.3. The molecule has 0 aromatic heterocycles. The van der Waals surface area contributed by atoms with E-state index in [1.54, 1.807) is 0 Å². The van der Waals surface area contributed by atoms with Gasteiger partial charge in [-0.15, -0.1) is 0 Å². The van der Waals surface area contributed by atoms with Gasteiger partial charge in [0, 0.05) is 44.1 Å². The predicted molar refractivity (Wildman–Crippen MR) is 104 cm³/mol. The maximum Gasteiger partial charge on any atom is 0.247 e. The van der Waals surface area contributed by atoms with Crippen molar-refractivity contribution in [3.05, 3.63) is 72.8 Å². The Labute approximate surface area is 149 Å². The van der Waals surface area contributed by atoms with Gasteiger partial charge >= 0.3 is 0 Å². The van der Waals surface area contributed by atoms with Crippen molar-refractivity contribution in [2.45, 2.75) is 6.42 Å². The second-order valence-corrected chi connectivity index (χ2v) is 6.30. The van der Waals surface area contributed by atoms with Crippen LogP contribution < -0.4 is 10.2 Å². The van der Waals surface area contributed by atoms with Gasteiger partial charge in [-0.05, 0) is 42.3 Å². The van der Waals surface area contributed by atoms with Crippen LogP contribution in [0.2, 0.25) is 0 Å². The van der Waals surface area contributed by atoms with Crippen molar-refractivity contribution in [3.8, 4) is 0 Å². The largest absolute Gasteiger partial charge is 0.369 e. The van der Waals surface area contributed by atoms with Crippen LogP contribution >= 0.6 is 0 Å². The Morgan fingerprint density at radius 3 is 2.32 bits per heavy atom. The number of piperazine rings is 1. The topological polar surface area (TPSA) is 35.6 Å². The molecule has 1 saturated heterocycles. The molecule has 0 aliphatic carbocycles. The Kier molecular flexibility index (Phi) is 5.86. The van der Waals surface area contributed by atoms with Gasteiger partial charge in [0.05, 0.1) is 0 Å². The summed E-state index contributed by atoms with van der Waals surface area (Å²) >= 11 is 0. The molecule has 1 aliphatic rings. The molecule has 25 heavy (non-hydrogen) atoms. The molecule has 2 aromatic carbocycles. The normalized spacial score (nSPS) is 15.0. The van der Waals surface area contributed by atoms with Gasteiger partial charge in [0.2, 0.25) is 5.91 Å². The number of hydrogen-bond acceptors (Lipinski definition) is 3. The van der Waals surface area contributed by atoms with Crippen molar-refractivity contribution in [3.63, 3.8) is 0 Å². The Morgan fingerprint density at radius 1 is 1.00 bits per heavy atom. The maximum atomic E-state index is 11.3. The number of carbonyl (C=O) groups excluding carboxylic acids is 1. The quantitative estimate of drug-likeness (QED) is 0.824. The average molecular weight is 335 g/mol. The highest BCUT2D eigenvalue weighted by Crippen LogP contribution is 2.16. The van der Waals surface area contributed by atoms with Crippen LogP contribution in [-0.4, -0.2) is 43.5 Å². The fraction of sp³-hybridized carbons (Fsp3) is 0.286. The van der Waals surface area contributed by atoms with E-state index in [1.165, 1.54) is 17.3 Å². The number of rotatable bonds is 6. The average Bonchev–Trinajstić information content (AvgIpc) is 2.68. The smallest absolute Gasteiger partial charge is 0.247 e. The molecule has 0 unspecified atom stereocenters. The van der Waals surface area contributed by atoms with E-state index in [0.29, 0.717) is 0 Å². The Balaban J connectivity index is 1.44. The third-order valence-electron chi connectivity index (χ3n) is 4.62. The molecule has 1 aliphatic heterocycles. The molecule has 3 rings (SSSR count). The molecular formula is C21H25N3O. The van der Waals surface area contributed by atoms with E-state index in [4.69, 9.17) is 0 Å². The van der Waals surface area contributed by atoms with Crippen molar-refractivity contribution >= 4 is 17.3 Å². The first-order valence-electron chi connectivity index (χ1n) is 8.79. The van der Waals surface area contributed by atoms with E-state index in [0.717, 1.165) is 44.8 Å². The number of anilines is 2. The number of para-hydroxylation sites is 1. The fourth-order valence-electron chi connectivity index (χ4n) is 3.10. The number of nitrogens with zero attached hydrogens (tertiary/aromatic N) is 2. The third-order valence-corrected chi connectivity index (χ3v) is 4.62. The number of amides is 1. The zero-order valence-electron chi connectivity index (χ0n) is 14.5. The first-order chi connectivity index (χ1) is 12.2. The van der Waals surface area contributed by atoms with Crippen LogP contribution in [0.5, 0.6) is 0 Å². The highest BCUT2D eigenvalue weighted by atomic mass is 16.1. The van der Waals surface area contributed by atoms with Crippen LogP contribution in [0.4, 0.5) is 11.4 Å². The maximum absolute atomic E-state index is 11.3. The van der Waals surface area contributed by atoms with E-state index in [9.17, 15) is 4.79 Å². The summed E-state index contributed by atoms with van der Waals surface area (Å²) in [7, 11) is 0. The minimum atomic E-state index is -0.177. The van der Waals surface area contributed by atoms with Crippen molar-refractivity contribution in [2.75, 3.05) is 42.9 Å². The van der Waals surface area contributed by atoms with Crippen molar-refractivity contribution in [1.82, 2.24) is 4.90 Å². The summed E-state index contributed by atoms with van der Waals surface area (Å²) in [6, 6.07) is 18.7. The molecule has 4 heteroatoms. The van der Waals surface area contributed by atoms with Gasteiger partial charge in [-0.25, -0.2) is 0 Å². The van der Waals surface area contributed by atoms with E-state index >= 15 is 0 Å². The fourth-order valence-corrected chi connectivity index (χ4v) is 3.10. The first-order valence-corrected chi connectivity index (χ1v) is 8.79. The molecule has 0 atom stereocenters. The molecular weight excluding hydrogens is 310 g/mol. The van der Waals surface area contributed by atoms with Crippen LogP contribution in [0.1, 0.15) is 5.56 Å². The zero-order valence-corrected chi connectivity index (χ0v) is 14.5. The Morgan fingerprint density at radius 2 is 1.68 bits per heavy atom. The minimum absolute atomic E-state index is 0.177. The van der Waals surface area contributed by atoms with Crippen molar-refractivity contribution in [1.29, 1.82) is 0 Å². The van der Waals surface area contributed by atoms with E-state index in [2.05, 4.69) is 64.2 Å².